The molecule has 2 aromatic carbocycles. The highest BCUT2D eigenvalue weighted by Gasteiger charge is 2.29. The van der Waals surface area contributed by atoms with Crippen LogP contribution in [0.25, 0.3) is 11.0 Å². The minimum Gasteiger partial charge on any atom is -0.491 e. The number of carbonyl (C=O) groups is 1. The van der Waals surface area contributed by atoms with Gasteiger partial charge in [0.05, 0.1) is 5.75 Å². The first kappa shape index (κ1) is 18.9. The normalized spacial score (nSPS) is 12.7. The molecule has 1 aromatic heterocycles. The van der Waals surface area contributed by atoms with E-state index in [2.05, 4.69) is 0 Å². The molecule has 3 aromatic rings. The van der Waals surface area contributed by atoms with Crippen molar-refractivity contribution in [2.75, 3.05) is 18.6 Å². The van der Waals surface area contributed by atoms with E-state index in [1.807, 2.05) is 6.07 Å². The maximum atomic E-state index is 12.6. The molecule has 7 nitrogen and oxygen atoms in total. The average Bonchev–Trinajstić information content (AvgIpc) is 3.08. The lowest BCUT2D eigenvalue weighted by Gasteiger charge is -2.24. The number of hydrogen-bond acceptors (Lipinski definition) is 6. The van der Waals surface area contributed by atoms with Crippen molar-refractivity contribution in [2.45, 2.75) is 6.04 Å². The number of amides is 1. The van der Waals surface area contributed by atoms with Gasteiger partial charge in [-0.1, -0.05) is 36.4 Å². The van der Waals surface area contributed by atoms with Crippen molar-refractivity contribution in [3.8, 4) is 5.75 Å². The minimum atomic E-state index is -3.48. The lowest BCUT2D eigenvalue weighted by atomic mass is 10.2. The molecule has 0 aliphatic rings. The average molecular weight is 389 g/mol. The van der Waals surface area contributed by atoms with Crippen LogP contribution < -0.4 is 4.74 Å². The van der Waals surface area contributed by atoms with Gasteiger partial charge < -0.3 is 9.15 Å². The van der Waals surface area contributed by atoms with E-state index in [4.69, 9.17) is 9.15 Å². The Hall–Kier alpha value is -2.84. The molecule has 142 valence electrons. The van der Waals surface area contributed by atoms with Gasteiger partial charge in [0.15, 0.2) is 5.76 Å². The molecule has 0 aliphatic carbocycles. The molecular weight excluding hydrogens is 370 g/mol. The first-order valence-corrected chi connectivity index (χ1v) is 10.3. The van der Waals surface area contributed by atoms with Gasteiger partial charge in [0.1, 0.15) is 33.8 Å². The number of nitrogens with zero attached hydrogens (tertiary/aromatic N) is 1. The van der Waals surface area contributed by atoms with E-state index < -0.39 is 27.5 Å². The summed E-state index contributed by atoms with van der Waals surface area (Å²) in [7, 11) is -3.48. The molecule has 0 saturated carbocycles. The van der Waals surface area contributed by atoms with Gasteiger partial charge in [-0.2, -0.15) is 0 Å². The summed E-state index contributed by atoms with van der Waals surface area (Å²) in [5, 5.41) is 11.4. The van der Waals surface area contributed by atoms with Crippen molar-refractivity contribution in [1.82, 2.24) is 5.06 Å². The van der Waals surface area contributed by atoms with Crippen LogP contribution in [0.3, 0.4) is 0 Å². The van der Waals surface area contributed by atoms with Crippen LogP contribution >= 0.6 is 0 Å². The summed E-state index contributed by atoms with van der Waals surface area (Å²) in [6, 6.07) is 16.1. The monoisotopic (exact) mass is 389 g/mol. The number of ether oxygens (including phenoxy) is 1. The third-order valence-electron chi connectivity index (χ3n) is 3.87. The lowest BCUT2D eigenvalue weighted by Crippen LogP contribution is -2.45. The minimum absolute atomic E-state index is 0.0862. The van der Waals surface area contributed by atoms with Gasteiger partial charge in [-0.15, -0.1) is 0 Å². The number of hydroxylamine groups is 2. The Morgan fingerprint density at radius 3 is 2.48 bits per heavy atom. The second-order valence-corrected chi connectivity index (χ2v) is 8.35. The molecule has 0 saturated heterocycles. The van der Waals surface area contributed by atoms with E-state index in [0.29, 0.717) is 21.8 Å². The zero-order valence-electron chi connectivity index (χ0n) is 14.6. The Balaban J connectivity index is 1.80. The number of furan rings is 1. The largest absolute Gasteiger partial charge is 0.491 e. The molecule has 1 atom stereocenters. The van der Waals surface area contributed by atoms with Crippen molar-refractivity contribution >= 4 is 26.7 Å². The van der Waals surface area contributed by atoms with E-state index in [-0.39, 0.29) is 12.4 Å². The zero-order valence-corrected chi connectivity index (χ0v) is 15.4. The van der Waals surface area contributed by atoms with Gasteiger partial charge in [0.2, 0.25) is 0 Å². The van der Waals surface area contributed by atoms with Crippen LogP contribution in [-0.4, -0.2) is 49.3 Å². The van der Waals surface area contributed by atoms with E-state index in [0.717, 1.165) is 6.26 Å². The topological polar surface area (TPSA) is 97.0 Å². The smallest absolute Gasteiger partial charge is 0.313 e. The van der Waals surface area contributed by atoms with Gasteiger partial charge in [-0.3, -0.25) is 10.0 Å². The Kier molecular flexibility index (Phi) is 5.48. The molecule has 27 heavy (non-hydrogen) atoms. The molecule has 1 amide bonds. The van der Waals surface area contributed by atoms with Crippen molar-refractivity contribution < 1.29 is 27.6 Å². The highest BCUT2D eigenvalue weighted by Crippen LogP contribution is 2.21. The van der Waals surface area contributed by atoms with Crippen LogP contribution in [0.1, 0.15) is 10.6 Å². The molecule has 0 aliphatic heterocycles. The molecular formula is C19H19NO6S. The highest BCUT2D eigenvalue weighted by atomic mass is 32.2. The summed E-state index contributed by atoms with van der Waals surface area (Å²) in [5.74, 6) is -0.878. The van der Waals surface area contributed by atoms with E-state index in [1.165, 1.54) is 6.07 Å². The fourth-order valence-corrected chi connectivity index (χ4v) is 3.55. The summed E-state index contributed by atoms with van der Waals surface area (Å²) >= 11 is 0. The molecule has 0 spiro atoms. The van der Waals surface area contributed by atoms with Crippen LogP contribution in [-0.2, 0) is 9.84 Å². The predicted molar refractivity (Wildman–Crippen MR) is 99.6 cm³/mol. The number of benzene rings is 2. The molecule has 0 fully saturated rings. The standard InChI is InChI=1S/C19H19NO6S/c1-27(23,24)13-15(12-25-16-8-3-2-4-9-16)20(22)19(21)18-11-14-7-5-6-10-17(14)26-18/h2-11,15,22H,12-13H2,1H3/t15-/m1/s1. The van der Waals surface area contributed by atoms with Crippen LogP contribution in [0, 0.1) is 0 Å². The van der Waals surface area contributed by atoms with Gasteiger partial charge in [0.25, 0.3) is 0 Å². The molecule has 1 N–H and O–H groups in total. The molecule has 0 radical (unpaired) electrons. The fraction of sp³-hybridized carbons (Fsp3) is 0.211. The quantitative estimate of drug-likeness (QED) is 0.493. The van der Waals surface area contributed by atoms with E-state index in [9.17, 15) is 18.4 Å². The van der Waals surface area contributed by atoms with Crippen molar-refractivity contribution in [1.29, 1.82) is 0 Å². The van der Waals surface area contributed by atoms with Crippen LogP contribution in [0.4, 0.5) is 0 Å². The van der Waals surface area contributed by atoms with Crippen molar-refractivity contribution in [2.24, 2.45) is 0 Å². The summed E-state index contributed by atoms with van der Waals surface area (Å²) in [4.78, 5) is 12.6. The number of para-hydroxylation sites is 2. The fourth-order valence-electron chi connectivity index (χ4n) is 2.61. The number of hydrogen-bond donors (Lipinski definition) is 1. The summed E-state index contributed by atoms with van der Waals surface area (Å²) in [6.07, 6.45) is 1.03. The van der Waals surface area contributed by atoms with Gasteiger partial charge >= 0.3 is 5.91 Å². The molecule has 0 bridgehead atoms. The van der Waals surface area contributed by atoms with Gasteiger partial charge in [-0.05, 0) is 24.3 Å². The number of fused-ring (bicyclic) bond motifs is 1. The van der Waals surface area contributed by atoms with Crippen LogP contribution in [0.15, 0.2) is 65.1 Å². The molecule has 0 unspecified atom stereocenters. The number of rotatable bonds is 7. The number of carbonyl (C=O) groups excluding carboxylic acids is 1. The van der Waals surface area contributed by atoms with Crippen molar-refractivity contribution in [3.63, 3.8) is 0 Å². The van der Waals surface area contributed by atoms with Crippen LogP contribution in [0.5, 0.6) is 5.75 Å². The molecule has 8 heteroatoms. The Bertz CT molecular complexity index is 996. The zero-order chi connectivity index (χ0) is 19.4. The van der Waals surface area contributed by atoms with Crippen molar-refractivity contribution in [3.05, 3.63) is 66.4 Å². The SMILES string of the molecule is CS(=O)(=O)C[C@@H](COc1ccccc1)N(O)C(=O)c1cc2ccccc2o1. The Labute approximate surface area is 156 Å². The molecule has 3 rings (SSSR count). The summed E-state index contributed by atoms with van der Waals surface area (Å²) < 4.78 is 34.4. The van der Waals surface area contributed by atoms with E-state index >= 15 is 0 Å². The molecule has 1 heterocycles. The predicted octanol–water partition coefficient (Wildman–Crippen LogP) is 2.76. The second-order valence-electron chi connectivity index (χ2n) is 6.17. The van der Waals surface area contributed by atoms with Gasteiger partial charge in [-0.25, -0.2) is 13.5 Å². The third kappa shape index (κ3) is 4.87. The highest BCUT2D eigenvalue weighted by molar-refractivity contribution is 7.90. The Morgan fingerprint density at radius 1 is 1.15 bits per heavy atom. The Morgan fingerprint density at radius 2 is 1.81 bits per heavy atom. The first-order valence-electron chi connectivity index (χ1n) is 8.20. The summed E-state index contributed by atoms with van der Waals surface area (Å²) in [5.41, 5.74) is 0.495. The maximum absolute atomic E-state index is 12.6. The summed E-state index contributed by atoms with van der Waals surface area (Å²) in [6.45, 7) is -0.195. The maximum Gasteiger partial charge on any atom is 0.313 e. The first-order chi connectivity index (χ1) is 12.8. The van der Waals surface area contributed by atoms with E-state index in [1.54, 1.807) is 48.5 Å². The second kappa shape index (κ2) is 7.81. The van der Waals surface area contributed by atoms with Gasteiger partial charge in [0, 0.05) is 11.6 Å². The van der Waals surface area contributed by atoms with Crippen LogP contribution in [0.2, 0.25) is 0 Å². The number of sulfone groups is 1. The lowest BCUT2D eigenvalue weighted by molar-refractivity contribution is -0.0928. The third-order valence-corrected chi connectivity index (χ3v) is 4.86.